The van der Waals surface area contributed by atoms with Crippen LogP contribution in [0.2, 0.25) is 77.6 Å². The molecule has 0 heterocycles. The van der Waals surface area contributed by atoms with Crippen molar-refractivity contribution >= 4 is 32.8 Å². The van der Waals surface area contributed by atoms with Gasteiger partial charge in [0.2, 0.25) is 8.32 Å². The Bertz CT molecular complexity index is 261. The SMILES string of the molecule is C[Si](C)(C)CC[Si](C)(C)OC[Si](C)(C)OC[Si](C)(C)C. The van der Waals surface area contributed by atoms with E-state index in [9.17, 15) is 0 Å². The largest absolute Gasteiger partial charge is 0.418 e. The molecule has 0 aromatic rings. The molecule has 0 spiro atoms. The predicted octanol–water partition coefficient (Wildman–Crippen LogP) is 5.18. The number of hydrogen-bond acceptors (Lipinski definition) is 2. The molecule has 0 saturated carbocycles. The Kier molecular flexibility index (Phi) is 7.66. The van der Waals surface area contributed by atoms with Gasteiger partial charge in [-0.05, 0) is 32.2 Å². The third-order valence-electron chi connectivity index (χ3n) is 3.18. The second-order valence-electron chi connectivity index (χ2n) is 9.72. The maximum atomic E-state index is 6.37. The summed E-state index contributed by atoms with van der Waals surface area (Å²) < 4.78 is 12.6. The Hall–Kier alpha value is 0.788. The summed E-state index contributed by atoms with van der Waals surface area (Å²) in [5.41, 5.74) is 0. The molecule has 0 aliphatic carbocycles. The van der Waals surface area contributed by atoms with Gasteiger partial charge in [-0.1, -0.05) is 45.3 Å². The van der Waals surface area contributed by atoms with Crippen molar-refractivity contribution in [3.63, 3.8) is 0 Å². The van der Waals surface area contributed by atoms with Crippen molar-refractivity contribution in [3.05, 3.63) is 0 Å². The summed E-state index contributed by atoms with van der Waals surface area (Å²) in [5, 5.41) is 0. The van der Waals surface area contributed by atoms with Crippen LogP contribution in [0, 0.1) is 0 Å². The monoisotopic (exact) mass is 350 g/mol. The first kappa shape index (κ1) is 20.8. The first-order valence-electron chi connectivity index (χ1n) is 7.90. The van der Waals surface area contributed by atoms with Gasteiger partial charge >= 0.3 is 0 Å². The third-order valence-corrected chi connectivity index (χ3v) is 11.2. The van der Waals surface area contributed by atoms with Gasteiger partial charge in [0.15, 0.2) is 8.32 Å². The second-order valence-corrected chi connectivity index (χ2v) is 29.2. The lowest BCUT2D eigenvalue weighted by Gasteiger charge is -2.32. The molecule has 0 atom stereocenters. The lowest BCUT2D eigenvalue weighted by molar-refractivity contribution is 0.299. The molecule has 0 fully saturated rings. The average Bonchev–Trinajstić information content (AvgIpc) is 2.20. The molecular weight excluding hydrogens is 312 g/mol. The van der Waals surface area contributed by atoms with Crippen molar-refractivity contribution in [2.45, 2.75) is 77.6 Å². The maximum absolute atomic E-state index is 6.37. The van der Waals surface area contributed by atoms with Crippen LogP contribution in [0.3, 0.4) is 0 Å². The van der Waals surface area contributed by atoms with Crippen LogP contribution in [-0.4, -0.2) is 45.2 Å². The molecule has 0 aromatic heterocycles. The molecule has 0 rings (SSSR count). The molecule has 0 aliphatic rings. The van der Waals surface area contributed by atoms with E-state index in [1.165, 1.54) is 12.1 Å². The fourth-order valence-corrected chi connectivity index (χ4v) is 13.5. The van der Waals surface area contributed by atoms with E-state index in [1.807, 2.05) is 0 Å². The van der Waals surface area contributed by atoms with Gasteiger partial charge in [-0.25, -0.2) is 0 Å². The molecule has 0 saturated heterocycles. The maximum Gasteiger partial charge on any atom is 0.210 e. The van der Waals surface area contributed by atoms with Crippen LogP contribution in [-0.2, 0) is 8.85 Å². The van der Waals surface area contributed by atoms with E-state index < -0.39 is 32.8 Å². The molecule has 0 aliphatic heterocycles. The van der Waals surface area contributed by atoms with Crippen molar-refractivity contribution in [1.82, 2.24) is 0 Å². The van der Waals surface area contributed by atoms with E-state index in [2.05, 4.69) is 65.5 Å². The van der Waals surface area contributed by atoms with Gasteiger partial charge in [-0.2, -0.15) is 0 Å². The van der Waals surface area contributed by atoms with Crippen LogP contribution >= 0.6 is 0 Å². The third kappa shape index (κ3) is 12.5. The van der Waals surface area contributed by atoms with E-state index in [0.29, 0.717) is 0 Å². The highest BCUT2D eigenvalue weighted by molar-refractivity contribution is 6.80. The van der Waals surface area contributed by atoms with Crippen LogP contribution in [0.5, 0.6) is 0 Å². The zero-order valence-corrected chi connectivity index (χ0v) is 19.6. The molecule has 0 radical (unpaired) electrons. The zero-order valence-electron chi connectivity index (χ0n) is 15.6. The quantitative estimate of drug-likeness (QED) is 0.533. The summed E-state index contributed by atoms with van der Waals surface area (Å²) in [6.45, 7) is 23.8. The van der Waals surface area contributed by atoms with E-state index in [0.717, 1.165) is 12.5 Å². The van der Waals surface area contributed by atoms with Gasteiger partial charge in [0, 0.05) is 14.3 Å². The first-order valence-corrected chi connectivity index (χ1v) is 21.5. The highest BCUT2D eigenvalue weighted by Crippen LogP contribution is 2.22. The Morgan fingerprint density at radius 2 is 0.950 bits per heavy atom. The first-order chi connectivity index (χ1) is 8.62. The lowest BCUT2D eigenvalue weighted by atomic mass is 10.9. The Morgan fingerprint density at radius 1 is 0.500 bits per heavy atom. The minimum absolute atomic E-state index is 0.877. The van der Waals surface area contributed by atoms with Crippen molar-refractivity contribution in [3.8, 4) is 0 Å². The molecule has 2 nitrogen and oxygen atoms in total. The van der Waals surface area contributed by atoms with Gasteiger partial charge in [-0.3, -0.25) is 0 Å². The van der Waals surface area contributed by atoms with Crippen molar-refractivity contribution < 1.29 is 8.85 Å². The van der Waals surface area contributed by atoms with Crippen molar-refractivity contribution in [2.24, 2.45) is 0 Å². The van der Waals surface area contributed by atoms with E-state index in [-0.39, 0.29) is 0 Å². The molecule has 0 unspecified atom stereocenters. The normalized spacial score (nSPS) is 14.7. The van der Waals surface area contributed by atoms with Gasteiger partial charge in [0.05, 0.1) is 14.3 Å². The molecular formula is C14H38O2Si4. The van der Waals surface area contributed by atoms with Crippen LogP contribution < -0.4 is 0 Å². The van der Waals surface area contributed by atoms with Gasteiger partial charge in [-0.15, -0.1) is 0 Å². The van der Waals surface area contributed by atoms with Crippen molar-refractivity contribution in [2.75, 3.05) is 12.5 Å². The van der Waals surface area contributed by atoms with Crippen LogP contribution in [0.15, 0.2) is 0 Å². The minimum atomic E-state index is -1.64. The number of hydrogen-bond donors (Lipinski definition) is 0. The molecule has 0 bridgehead atoms. The summed E-state index contributed by atoms with van der Waals surface area (Å²) in [4.78, 5) is 0. The molecule has 122 valence electrons. The summed E-state index contributed by atoms with van der Waals surface area (Å²) in [7, 11) is -5.19. The van der Waals surface area contributed by atoms with E-state index in [4.69, 9.17) is 8.85 Å². The average molecular weight is 351 g/mol. The number of rotatable bonds is 9. The molecule has 0 aromatic carbocycles. The summed E-state index contributed by atoms with van der Waals surface area (Å²) in [6.07, 6.45) is 1.86. The highest BCUT2D eigenvalue weighted by atomic mass is 28.4. The minimum Gasteiger partial charge on any atom is -0.418 e. The van der Waals surface area contributed by atoms with Crippen LogP contribution in [0.4, 0.5) is 0 Å². The van der Waals surface area contributed by atoms with Crippen molar-refractivity contribution in [1.29, 1.82) is 0 Å². The standard InChI is InChI=1S/C14H38O2Si4/c1-17(2,3)11-12-19(7,8)16-14-20(9,10)15-13-18(4,5)6/h11-14H2,1-10H3. The van der Waals surface area contributed by atoms with E-state index in [1.54, 1.807) is 0 Å². The van der Waals surface area contributed by atoms with Crippen LogP contribution in [0.25, 0.3) is 0 Å². The molecule has 20 heavy (non-hydrogen) atoms. The zero-order chi connectivity index (χ0) is 16.2. The summed E-state index contributed by atoms with van der Waals surface area (Å²) in [5.74, 6) is 0. The topological polar surface area (TPSA) is 18.5 Å². The second kappa shape index (κ2) is 7.37. The van der Waals surface area contributed by atoms with Crippen LogP contribution in [0.1, 0.15) is 0 Å². The summed E-state index contributed by atoms with van der Waals surface area (Å²) >= 11 is 0. The summed E-state index contributed by atoms with van der Waals surface area (Å²) in [6, 6.07) is 2.70. The molecule has 0 N–H and O–H groups in total. The molecule has 0 amide bonds. The van der Waals surface area contributed by atoms with E-state index >= 15 is 0 Å². The van der Waals surface area contributed by atoms with Gasteiger partial charge < -0.3 is 8.85 Å². The Labute approximate surface area is 131 Å². The predicted molar refractivity (Wildman–Crippen MR) is 103 cm³/mol. The van der Waals surface area contributed by atoms with Gasteiger partial charge in [0.25, 0.3) is 0 Å². The fraction of sp³-hybridized carbons (Fsp3) is 1.00. The lowest BCUT2D eigenvalue weighted by Crippen LogP contribution is -2.46. The highest BCUT2D eigenvalue weighted by Gasteiger charge is 2.32. The Balaban J connectivity index is 4.23. The smallest absolute Gasteiger partial charge is 0.210 e. The molecule has 6 heteroatoms. The fourth-order valence-electron chi connectivity index (χ4n) is 1.57. The Morgan fingerprint density at radius 3 is 1.35 bits per heavy atom. The van der Waals surface area contributed by atoms with Gasteiger partial charge in [0.1, 0.15) is 0 Å².